The van der Waals surface area contributed by atoms with Crippen LogP contribution in [0, 0.1) is 11.3 Å². The van der Waals surface area contributed by atoms with E-state index in [0.717, 1.165) is 11.1 Å². The number of carbonyl (C=O) groups excluding carboxylic acids is 1. The van der Waals surface area contributed by atoms with Crippen molar-refractivity contribution >= 4 is 17.6 Å². The van der Waals surface area contributed by atoms with E-state index in [0.29, 0.717) is 11.3 Å². The molecule has 0 N–H and O–H groups in total. The lowest BCUT2D eigenvalue weighted by Crippen LogP contribution is -2.08. The van der Waals surface area contributed by atoms with E-state index in [1.807, 2.05) is 30.3 Å². The summed E-state index contributed by atoms with van der Waals surface area (Å²) in [6.45, 7) is 0. The third-order valence-corrected chi connectivity index (χ3v) is 3.63. The van der Waals surface area contributed by atoms with Crippen LogP contribution in [0.3, 0.4) is 0 Å². The summed E-state index contributed by atoms with van der Waals surface area (Å²) in [5.41, 5.74) is 2.09. The summed E-state index contributed by atoms with van der Waals surface area (Å²) >= 11 is 0. The quantitative estimate of drug-likeness (QED) is 0.293. The number of hydrogen-bond donors (Lipinski definition) is 0. The molecule has 0 unspecified atom stereocenters. The molecule has 5 nitrogen and oxygen atoms in total. The van der Waals surface area contributed by atoms with E-state index in [9.17, 15) is 10.1 Å². The second kappa shape index (κ2) is 7.86. The molecule has 0 atom stereocenters. The van der Waals surface area contributed by atoms with Crippen LogP contribution < -0.4 is 9.47 Å². The van der Waals surface area contributed by atoms with Gasteiger partial charge in [-0.1, -0.05) is 36.4 Å². The van der Waals surface area contributed by atoms with Gasteiger partial charge in [-0.3, -0.25) is 0 Å². The Hall–Kier alpha value is -3.78. The first-order chi connectivity index (χ1) is 12.7. The van der Waals surface area contributed by atoms with Gasteiger partial charge in [0.15, 0.2) is 11.5 Å². The average molecular weight is 345 g/mol. The van der Waals surface area contributed by atoms with Gasteiger partial charge in [0.2, 0.25) is 5.76 Å². The van der Waals surface area contributed by atoms with Gasteiger partial charge in [0.25, 0.3) is 0 Å². The summed E-state index contributed by atoms with van der Waals surface area (Å²) in [5, 5.41) is 9.42. The molecule has 26 heavy (non-hydrogen) atoms. The molecule has 128 valence electrons. The zero-order valence-electron chi connectivity index (χ0n) is 14.0. The summed E-state index contributed by atoms with van der Waals surface area (Å²) in [6.07, 6.45) is 3.14. The fourth-order valence-corrected chi connectivity index (χ4v) is 2.37. The number of hydrogen-bond acceptors (Lipinski definition) is 5. The highest BCUT2D eigenvalue weighted by molar-refractivity contribution is 5.90. The predicted octanol–water partition coefficient (Wildman–Crippen LogP) is 4.57. The number of furan rings is 1. The highest BCUT2D eigenvalue weighted by atomic mass is 16.6. The van der Waals surface area contributed by atoms with Crippen LogP contribution in [0.2, 0.25) is 0 Å². The van der Waals surface area contributed by atoms with Crippen molar-refractivity contribution in [1.82, 2.24) is 0 Å². The van der Waals surface area contributed by atoms with E-state index in [1.54, 1.807) is 30.3 Å². The van der Waals surface area contributed by atoms with Crippen molar-refractivity contribution < 1.29 is 18.7 Å². The summed E-state index contributed by atoms with van der Waals surface area (Å²) in [7, 11) is 1.48. The Kier molecular flexibility index (Phi) is 5.16. The monoisotopic (exact) mass is 345 g/mol. The van der Waals surface area contributed by atoms with E-state index in [4.69, 9.17) is 13.9 Å². The van der Waals surface area contributed by atoms with Crippen molar-refractivity contribution in [3.8, 4) is 17.6 Å². The molecule has 0 spiro atoms. The van der Waals surface area contributed by atoms with E-state index in [1.165, 1.54) is 19.4 Å². The number of allylic oxidation sites excluding steroid dienone is 1. The minimum atomic E-state index is -0.612. The fraction of sp³-hybridized carbons (Fsp3) is 0.0476. The van der Waals surface area contributed by atoms with E-state index in [2.05, 4.69) is 6.07 Å². The van der Waals surface area contributed by atoms with Crippen LogP contribution in [0.4, 0.5) is 0 Å². The van der Waals surface area contributed by atoms with Crippen LogP contribution in [-0.2, 0) is 0 Å². The SMILES string of the molecule is COc1cc(/C=C(\C#N)c2ccccc2)ccc1OC(=O)c1ccco1. The summed E-state index contributed by atoms with van der Waals surface area (Å²) in [5.74, 6) is 0.138. The zero-order valence-corrected chi connectivity index (χ0v) is 14.0. The highest BCUT2D eigenvalue weighted by Crippen LogP contribution is 2.30. The molecule has 3 rings (SSSR count). The molecule has 1 heterocycles. The van der Waals surface area contributed by atoms with Gasteiger partial charge in [-0.05, 0) is 41.5 Å². The smallest absolute Gasteiger partial charge is 0.379 e. The van der Waals surface area contributed by atoms with Crippen molar-refractivity contribution in [3.05, 3.63) is 83.8 Å². The molecule has 5 heteroatoms. The molecule has 0 aliphatic heterocycles. The van der Waals surface area contributed by atoms with Gasteiger partial charge in [0.1, 0.15) is 0 Å². The number of esters is 1. The first-order valence-corrected chi connectivity index (χ1v) is 7.82. The molecule has 2 aromatic carbocycles. The molecule has 0 bridgehead atoms. The number of carbonyl (C=O) groups is 1. The van der Waals surface area contributed by atoms with Crippen LogP contribution in [0.1, 0.15) is 21.7 Å². The van der Waals surface area contributed by atoms with E-state index >= 15 is 0 Å². The molecule has 0 amide bonds. The minimum Gasteiger partial charge on any atom is -0.493 e. The Morgan fingerprint density at radius 2 is 1.88 bits per heavy atom. The molecule has 0 fully saturated rings. The molecule has 0 radical (unpaired) electrons. The molecular weight excluding hydrogens is 330 g/mol. The van der Waals surface area contributed by atoms with Crippen LogP contribution in [0.5, 0.6) is 11.5 Å². The first kappa shape index (κ1) is 17.1. The summed E-state index contributed by atoms with van der Waals surface area (Å²) in [4.78, 5) is 12.0. The van der Waals surface area contributed by atoms with Crippen molar-refractivity contribution in [2.24, 2.45) is 0 Å². The van der Waals surface area contributed by atoms with Gasteiger partial charge < -0.3 is 13.9 Å². The number of nitrogens with zero attached hydrogens (tertiary/aromatic N) is 1. The van der Waals surface area contributed by atoms with Crippen LogP contribution in [-0.4, -0.2) is 13.1 Å². The van der Waals surface area contributed by atoms with Crippen molar-refractivity contribution in [2.45, 2.75) is 0 Å². The van der Waals surface area contributed by atoms with Gasteiger partial charge >= 0.3 is 5.97 Å². The van der Waals surface area contributed by atoms with Crippen LogP contribution >= 0.6 is 0 Å². The maximum atomic E-state index is 12.0. The fourth-order valence-electron chi connectivity index (χ4n) is 2.37. The van der Waals surface area contributed by atoms with E-state index < -0.39 is 5.97 Å². The van der Waals surface area contributed by atoms with Crippen molar-refractivity contribution in [3.63, 3.8) is 0 Å². The number of rotatable bonds is 5. The topological polar surface area (TPSA) is 72.5 Å². The molecule has 0 aliphatic carbocycles. The van der Waals surface area contributed by atoms with Gasteiger partial charge in [-0.15, -0.1) is 0 Å². The third kappa shape index (κ3) is 3.82. The Bertz CT molecular complexity index is 967. The maximum Gasteiger partial charge on any atom is 0.379 e. The Balaban J connectivity index is 1.88. The molecule has 3 aromatic rings. The molecule has 1 aromatic heterocycles. The van der Waals surface area contributed by atoms with Gasteiger partial charge in [0.05, 0.1) is 25.0 Å². The van der Waals surface area contributed by atoms with E-state index in [-0.39, 0.29) is 11.5 Å². The number of ether oxygens (including phenoxy) is 2. The largest absolute Gasteiger partial charge is 0.493 e. The van der Waals surface area contributed by atoms with Gasteiger partial charge in [0, 0.05) is 0 Å². The van der Waals surface area contributed by atoms with Gasteiger partial charge in [-0.25, -0.2) is 4.79 Å². The van der Waals surface area contributed by atoms with Gasteiger partial charge in [-0.2, -0.15) is 5.26 Å². The molecular formula is C21H15NO4. The normalized spacial score (nSPS) is 10.8. The molecule has 0 saturated carbocycles. The van der Waals surface area contributed by atoms with Crippen LogP contribution in [0.25, 0.3) is 11.6 Å². The average Bonchev–Trinajstić information content (AvgIpc) is 3.22. The first-order valence-electron chi connectivity index (χ1n) is 7.82. The summed E-state index contributed by atoms with van der Waals surface area (Å²) < 4.78 is 15.6. The lowest BCUT2D eigenvalue weighted by Gasteiger charge is -2.09. The zero-order chi connectivity index (χ0) is 18.4. The Labute approximate surface area is 150 Å². The Morgan fingerprint density at radius 3 is 2.54 bits per heavy atom. The molecule has 0 aliphatic rings. The van der Waals surface area contributed by atoms with Crippen molar-refractivity contribution in [2.75, 3.05) is 7.11 Å². The maximum absolute atomic E-state index is 12.0. The third-order valence-electron chi connectivity index (χ3n) is 3.63. The number of nitriles is 1. The van der Waals surface area contributed by atoms with Crippen LogP contribution in [0.15, 0.2) is 71.3 Å². The summed E-state index contributed by atoms with van der Waals surface area (Å²) in [6, 6.07) is 19.7. The number of methoxy groups -OCH3 is 1. The standard InChI is InChI=1S/C21H15NO4/c1-24-20-13-15(12-17(14-22)16-6-3-2-4-7-16)9-10-18(20)26-21(23)19-8-5-11-25-19/h2-13H,1H3/b17-12+. The second-order valence-corrected chi connectivity index (χ2v) is 5.31. The molecule has 0 saturated heterocycles. The highest BCUT2D eigenvalue weighted by Gasteiger charge is 2.15. The minimum absolute atomic E-state index is 0.104. The predicted molar refractivity (Wildman–Crippen MR) is 96.6 cm³/mol. The second-order valence-electron chi connectivity index (χ2n) is 5.31. The lowest BCUT2D eigenvalue weighted by molar-refractivity contribution is 0.0696. The lowest BCUT2D eigenvalue weighted by atomic mass is 10.0. The number of benzene rings is 2. The van der Waals surface area contributed by atoms with Crippen molar-refractivity contribution in [1.29, 1.82) is 5.26 Å². The Morgan fingerprint density at radius 1 is 1.08 bits per heavy atom.